The Morgan fingerprint density at radius 3 is 1.30 bits per heavy atom. The first-order valence-corrected chi connectivity index (χ1v) is 14.8. The fourth-order valence-corrected chi connectivity index (χ4v) is 4.60. The van der Waals surface area contributed by atoms with E-state index in [1.54, 1.807) is 48.5 Å². The van der Waals surface area contributed by atoms with Crippen LogP contribution in [0.3, 0.4) is 0 Å². The summed E-state index contributed by atoms with van der Waals surface area (Å²) >= 11 is 0. The maximum Gasteiger partial charge on any atom is 0.417 e. The number of carbonyl (C=O) groups is 4. The minimum atomic E-state index is -0.761. The highest BCUT2D eigenvalue weighted by molar-refractivity contribution is 5.92. The van der Waals surface area contributed by atoms with Crippen molar-refractivity contribution >= 4 is 47.5 Å². The zero-order chi connectivity index (χ0) is 33.6. The minimum Gasteiger partial charge on any atom is -0.446 e. The number of benzene rings is 2. The molecule has 16 nitrogen and oxygen atoms in total. The highest BCUT2D eigenvalue weighted by Gasteiger charge is 2.27. The molecule has 0 atom stereocenters. The molecule has 46 heavy (non-hydrogen) atoms. The van der Waals surface area contributed by atoms with Crippen LogP contribution in [0.2, 0.25) is 0 Å². The van der Waals surface area contributed by atoms with Crippen molar-refractivity contribution in [3.8, 4) is 0 Å². The molecule has 1 saturated carbocycles. The van der Waals surface area contributed by atoms with Gasteiger partial charge in [0.25, 0.3) is 0 Å². The van der Waals surface area contributed by atoms with Crippen LogP contribution in [-0.4, -0.2) is 72.3 Å². The van der Waals surface area contributed by atoms with Gasteiger partial charge in [-0.15, -0.1) is 0 Å². The van der Waals surface area contributed by atoms with Crippen LogP contribution in [0, 0.1) is 10.8 Å². The summed E-state index contributed by atoms with van der Waals surface area (Å²) in [4.78, 5) is 52.0. The molecule has 1 fully saturated rings. The lowest BCUT2D eigenvalue weighted by Gasteiger charge is -2.27. The van der Waals surface area contributed by atoms with Crippen molar-refractivity contribution in [2.75, 3.05) is 24.7 Å². The first-order valence-electron chi connectivity index (χ1n) is 14.8. The fraction of sp³-hybridized carbons (Fsp3) is 0.400. The Labute approximate surface area is 267 Å². The number of ether oxygens (including phenoxy) is 2. The number of guanidine groups is 2. The molecule has 0 unspecified atom stereocenters. The SMILES string of the molecule is CN(C(=O)NCc1ccc(NC(=N)N)cc1)C(=O)O[C@H]1CCC[C@@H](OC(=O)N(C)C(=O)NCc2ccc(NC(=N)N)cc2)CCC1. The standard InChI is InChI=1S/C30H42N10O6/c1-39(27(41)35-17-19-9-13-21(14-10-19)37-25(31)32)29(43)45-23-5-3-7-24(8-4-6-23)46-30(44)40(2)28(42)36-18-20-11-15-22(16-12-20)38-26(33)34/h9-16,23-24H,3-8,17-18H2,1-2H3,(H,35,41)(H,36,42)(H4,31,32,37)(H4,33,34,38)/t23-,24+. The van der Waals surface area contributed by atoms with Gasteiger partial charge in [0.1, 0.15) is 12.2 Å². The Morgan fingerprint density at radius 1 is 0.674 bits per heavy atom. The van der Waals surface area contributed by atoms with Crippen molar-refractivity contribution in [2.24, 2.45) is 11.5 Å². The average Bonchev–Trinajstić information content (AvgIpc) is 3.00. The number of nitrogens with zero attached hydrogens (tertiary/aromatic N) is 2. The summed E-state index contributed by atoms with van der Waals surface area (Å²) in [6, 6.07) is 12.7. The van der Waals surface area contributed by atoms with Crippen molar-refractivity contribution in [1.29, 1.82) is 10.8 Å². The number of nitrogens with two attached hydrogens (primary N) is 2. The third kappa shape index (κ3) is 11.5. The summed E-state index contributed by atoms with van der Waals surface area (Å²) < 4.78 is 11.2. The highest BCUT2D eigenvalue weighted by atomic mass is 16.6. The smallest absolute Gasteiger partial charge is 0.417 e. The van der Waals surface area contributed by atoms with Crippen molar-refractivity contribution in [1.82, 2.24) is 20.4 Å². The Morgan fingerprint density at radius 2 is 1.00 bits per heavy atom. The molecule has 0 heterocycles. The summed E-state index contributed by atoms with van der Waals surface area (Å²) in [5.74, 6) is -0.361. The number of anilines is 2. The second kappa shape index (κ2) is 17.1. The first kappa shape index (κ1) is 34.9. The van der Waals surface area contributed by atoms with Crippen LogP contribution in [-0.2, 0) is 22.6 Å². The molecule has 0 saturated heterocycles. The lowest BCUT2D eigenvalue weighted by atomic mass is 9.96. The van der Waals surface area contributed by atoms with Crippen molar-refractivity contribution in [3.05, 3.63) is 59.7 Å². The maximum absolute atomic E-state index is 12.6. The van der Waals surface area contributed by atoms with Crippen molar-refractivity contribution in [3.63, 3.8) is 0 Å². The third-order valence-electron chi connectivity index (χ3n) is 7.15. The van der Waals surface area contributed by atoms with E-state index in [1.807, 2.05) is 0 Å². The summed E-state index contributed by atoms with van der Waals surface area (Å²) in [5.41, 5.74) is 13.5. The normalized spacial score (nSPS) is 16.0. The van der Waals surface area contributed by atoms with Gasteiger partial charge in [-0.3, -0.25) is 10.8 Å². The lowest BCUT2D eigenvalue weighted by Crippen LogP contribution is -2.43. The van der Waals surface area contributed by atoms with E-state index in [2.05, 4.69) is 21.3 Å². The van der Waals surface area contributed by atoms with Gasteiger partial charge in [0, 0.05) is 38.6 Å². The molecule has 16 heteroatoms. The zero-order valence-electron chi connectivity index (χ0n) is 25.9. The second-order valence-electron chi connectivity index (χ2n) is 10.8. The van der Waals surface area contributed by atoms with Crippen LogP contribution in [0.15, 0.2) is 48.5 Å². The zero-order valence-corrected chi connectivity index (χ0v) is 25.9. The Bertz CT molecular complexity index is 1270. The molecule has 3 rings (SSSR count). The van der Waals surface area contributed by atoms with Crippen LogP contribution in [0.4, 0.5) is 30.6 Å². The number of hydrogen-bond donors (Lipinski definition) is 8. The summed E-state index contributed by atoms with van der Waals surface area (Å²) in [5, 5.41) is 25.2. The van der Waals surface area contributed by atoms with Crippen LogP contribution in [0.25, 0.3) is 0 Å². The molecule has 1 aliphatic carbocycles. The molecule has 6 amide bonds. The highest BCUT2D eigenvalue weighted by Crippen LogP contribution is 2.23. The molecule has 2 aromatic rings. The topological polar surface area (TPSA) is 241 Å². The van der Waals surface area contributed by atoms with Crippen LogP contribution in [0.1, 0.15) is 49.7 Å². The molecule has 2 aromatic carbocycles. The molecule has 1 aliphatic rings. The van der Waals surface area contributed by atoms with Gasteiger partial charge in [-0.05, 0) is 73.9 Å². The summed E-state index contributed by atoms with van der Waals surface area (Å²) in [6.45, 7) is 0.373. The van der Waals surface area contributed by atoms with Gasteiger partial charge >= 0.3 is 24.2 Å². The summed E-state index contributed by atoms with van der Waals surface area (Å²) in [6.07, 6.45) is 1.07. The van der Waals surface area contributed by atoms with Gasteiger partial charge in [-0.1, -0.05) is 24.3 Å². The number of carbonyl (C=O) groups excluding carboxylic acids is 4. The second-order valence-corrected chi connectivity index (χ2v) is 10.8. The maximum atomic E-state index is 12.6. The molecule has 0 radical (unpaired) electrons. The molecule has 0 spiro atoms. The van der Waals surface area contributed by atoms with E-state index in [9.17, 15) is 19.2 Å². The van der Waals surface area contributed by atoms with Gasteiger partial charge < -0.3 is 42.2 Å². The van der Waals surface area contributed by atoms with Gasteiger partial charge in [-0.25, -0.2) is 29.0 Å². The van der Waals surface area contributed by atoms with Gasteiger partial charge in [0.15, 0.2) is 11.9 Å². The molecule has 0 bridgehead atoms. The number of amides is 6. The molecular formula is C30H42N10O6. The van der Waals surface area contributed by atoms with Crippen LogP contribution >= 0.6 is 0 Å². The van der Waals surface area contributed by atoms with Crippen molar-refractivity contribution in [2.45, 2.75) is 63.8 Å². The Kier molecular flexibility index (Phi) is 13.0. The van der Waals surface area contributed by atoms with Crippen molar-refractivity contribution < 1.29 is 28.7 Å². The van der Waals surface area contributed by atoms with E-state index in [0.717, 1.165) is 20.9 Å². The lowest BCUT2D eigenvalue weighted by molar-refractivity contribution is 0.0378. The molecule has 10 N–H and O–H groups in total. The fourth-order valence-electron chi connectivity index (χ4n) is 4.60. The Hall–Kier alpha value is -5.54. The van der Waals surface area contributed by atoms with Crippen LogP contribution in [0.5, 0.6) is 0 Å². The first-order chi connectivity index (χ1) is 21.9. The van der Waals surface area contributed by atoms with E-state index >= 15 is 0 Å². The average molecular weight is 639 g/mol. The quantitative estimate of drug-likeness (QED) is 0.154. The third-order valence-corrected chi connectivity index (χ3v) is 7.15. The van der Waals surface area contributed by atoms with E-state index in [0.29, 0.717) is 49.9 Å². The van der Waals surface area contributed by atoms with E-state index < -0.39 is 24.2 Å². The van der Waals surface area contributed by atoms with E-state index in [1.165, 1.54) is 14.1 Å². The number of urea groups is 2. The van der Waals surface area contributed by atoms with E-state index in [-0.39, 0.29) is 37.2 Å². The minimum absolute atomic E-state index is 0.180. The van der Waals surface area contributed by atoms with Crippen LogP contribution < -0.4 is 32.7 Å². The molecule has 0 aliphatic heterocycles. The van der Waals surface area contributed by atoms with Gasteiger partial charge in [0.2, 0.25) is 0 Å². The molecule has 248 valence electrons. The number of imide groups is 2. The van der Waals surface area contributed by atoms with Gasteiger partial charge in [0.05, 0.1) is 0 Å². The molecule has 0 aromatic heterocycles. The monoisotopic (exact) mass is 638 g/mol. The Balaban J connectivity index is 1.36. The largest absolute Gasteiger partial charge is 0.446 e. The number of hydrogen-bond acceptors (Lipinski definition) is 8. The number of rotatable bonds is 8. The number of nitrogens with one attached hydrogen (secondary N) is 6. The predicted octanol–water partition coefficient (Wildman–Crippen LogP) is 3.64. The summed E-state index contributed by atoms with van der Waals surface area (Å²) in [7, 11) is 2.68. The molecular weight excluding hydrogens is 596 g/mol. The van der Waals surface area contributed by atoms with Gasteiger partial charge in [-0.2, -0.15) is 0 Å². The van der Waals surface area contributed by atoms with E-state index in [4.69, 9.17) is 31.8 Å². The predicted molar refractivity (Wildman–Crippen MR) is 172 cm³/mol.